The van der Waals surface area contributed by atoms with E-state index >= 15 is 0 Å². The van der Waals surface area contributed by atoms with E-state index in [2.05, 4.69) is 10.5 Å². The lowest BCUT2D eigenvalue weighted by molar-refractivity contribution is -0.152. The third kappa shape index (κ3) is 5.86. The van der Waals surface area contributed by atoms with Gasteiger partial charge in [0, 0.05) is 17.1 Å². The van der Waals surface area contributed by atoms with Gasteiger partial charge in [0.2, 0.25) is 13.4 Å². The topological polar surface area (TPSA) is 95.5 Å². The van der Waals surface area contributed by atoms with E-state index < -0.39 is 25.1 Å². The number of nitrogens with one attached hydrogen (secondary N) is 1. The van der Waals surface area contributed by atoms with E-state index in [1.54, 1.807) is 43.3 Å². The molecule has 0 fully saturated rings. The molecule has 0 aliphatic carbocycles. The molecule has 3 rings (SSSR count). The molecular formula is C20H19ClN2O6. The van der Waals surface area contributed by atoms with Gasteiger partial charge in [-0.15, -0.1) is 0 Å². The van der Waals surface area contributed by atoms with Crippen LogP contribution in [-0.4, -0.2) is 37.6 Å². The number of benzene rings is 2. The maximum absolute atomic E-state index is 11.8. The third-order valence-corrected chi connectivity index (χ3v) is 4.34. The van der Waals surface area contributed by atoms with Crippen molar-refractivity contribution in [3.8, 4) is 11.5 Å². The summed E-state index contributed by atoms with van der Waals surface area (Å²) in [5, 5.41) is 7.05. The zero-order chi connectivity index (χ0) is 20.6. The van der Waals surface area contributed by atoms with Gasteiger partial charge in [-0.25, -0.2) is 4.79 Å². The van der Waals surface area contributed by atoms with Crippen LogP contribution in [0.4, 0.5) is 0 Å². The molecule has 152 valence electrons. The lowest BCUT2D eigenvalue weighted by Gasteiger charge is -2.08. The van der Waals surface area contributed by atoms with E-state index in [1.165, 1.54) is 0 Å². The molecule has 0 atom stereocenters. The number of halogens is 1. The molecule has 0 spiro atoms. The maximum atomic E-state index is 11.8. The van der Waals surface area contributed by atoms with Crippen molar-refractivity contribution in [3.05, 3.63) is 58.6 Å². The smallest absolute Gasteiger partial charge is 0.347 e. The Morgan fingerprint density at radius 3 is 2.76 bits per heavy atom. The Balaban J connectivity index is 1.37. The summed E-state index contributed by atoms with van der Waals surface area (Å²) in [6.45, 7) is 1.32. The van der Waals surface area contributed by atoms with E-state index in [4.69, 9.17) is 30.6 Å². The normalized spacial score (nSPS) is 12.4. The van der Waals surface area contributed by atoms with Gasteiger partial charge in [-0.05, 0) is 36.8 Å². The quantitative estimate of drug-likeness (QED) is 0.402. The van der Waals surface area contributed by atoms with Gasteiger partial charge in [-0.1, -0.05) is 35.0 Å². The highest BCUT2D eigenvalue weighted by Gasteiger charge is 2.14. The Hall–Kier alpha value is -3.26. The second-order valence-electron chi connectivity index (χ2n) is 6.05. The van der Waals surface area contributed by atoms with Crippen molar-refractivity contribution in [2.75, 3.05) is 20.0 Å². The summed E-state index contributed by atoms with van der Waals surface area (Å²) in [7, 11) is 0. The number of amides is 1. The molecule has 0 unspecified atom stereocenters. The number of fused-ring (bicyclic) bond motifs is 1. The molecule has 0 saturated heterocycles. The second kappa shape index (κ2) is 9.79. The SMILES string of the molecule is C/C(=N/OCC(=O)OCC(=O)NCc1ccccc1Cl)c1ccc2c(c1)OCO2. The van der Waals surface area contributed by atoms with Crippen molar-refractivity contribution < 1.29 is 28.6 Å². The average molecular weight is 419 g/mol. The first kappa shape index (κ1) is 20.5. The first-order chi connectivity index (χ1) is 14.0. The Kier molecular flexibility index (Phi) is 6.91. The first-order valence-corrected chi connectivity index (χ1v) is 9.13. The van der Waals surface area contributed by atoms with Crippen LogP contribution in [-0.2, 0) is 25.7 Å². The number of hydrogen-bond donors (Lipinski definition) is 1. The molecule has 0 saturated carbocycles. The number of esters is 1. The van der Waals surface area contributed by atoms with E-state index in [9.17, 15) is 9.59 Å². The Morgan fingerprint density at radius 2 is 1.93 bits per heavy atom. The summed E-state index contributed by atoms with van der Waals surface area (Å²) in [4.78, 5) is 28.5. The van der Waals surface area contributed by atoms with Crippen molar-refractivity contribution in [3.63, 3.8) is 0 Å². The van der Waals surface area contributed by atoms with Gasteiger partial charge >= 0.3 is 5.97 Å². The number of carbonyl (C=O) groups is 2. The van der Waals surface area contributed by atoms with Crippen LogP contribution in [0.1, 0.15) is 18.1 Å². The zero-order valence-corrected chi connectivity index (χ0v) is 16.4. The van der Waals surface area contributed by atoms with Gasteiger partial charge in [0.1, 0.15) is 0 Å². The highest BCUT2D eigenvalue weighted by Crippen LogP contribution is 2.32. The molecule has 0 radical (unpaired) electrons. The molecular weight excluding hydrogens is 400 g/mol. The van der Waals surface area contributed by atoms with Crippen LogP contribution in [0.2, 0.25) is 5.02 Å². The van der Waals surface area contributed by atoms with Crippen molar-refractivity contribution >= 4 is 29.2 Å². The molecule has 2 aromatic rings. The van der Waals surface area contributed by atoms with Gasteiger partial charge in [0.25, 0.3) is 5.91 Å². The van der Waals surface area contributed by atoms with E-state index in [0.29, 0.717) is 22.2 Å². The van der Waals surface area contributed by atoms with Crippen molar-refractivity contribution in [1.82, 2.24) is 5.32 Å². The van der Waals surface area contributed by atoms with E-state index in [-0.39, 0.29) is 13.3 Å². The molecule has 1 N–H and O–H groups in total. The fourth-order valence-electron chi connectivity index (χ4n) is 2.43. The monoisotopic (exact) mass is 418 g/mol. The molecule has 2 aromatic carbocycles. The third-order valence-electron chi connectivity index (χ3n) is 3.97. The zero-order valence-electron chi connectivity index (χ0n) is 15.6. The molecule has 8 nitrogen and oxygen atoms in total. The largest absolute Gasteiger partial charge is 0.454 e. The van der Waals surface area contributed by atoms with Gasteiger partial charge in [-0.2, -0.15) is 0 Å². The van der Waals surface area contributed by atoms with Crippen LogP contribution >= 0.6 is 11.6 Å². The van der Waals surface area contributed by atoms with Gasteiger partial charge in [0.15, 0.2) is 18.1 Å². The molecule has 9 heteroatoms. The fraction of sp³-hybridized carbons (Fsp3) is 0.250. The Bertz CT molecular complexity index is 931. The predicted molar refractivity (Wildman–Crippen MR) is 105 cm³/mol. The van der Waals surface area contributed by atoms with Gasteiger partial charge < -0.3 is 24.4 Å². The minimum absolute atomic E-state index is 0.184. The highest BCUT2D eigenvalue weighted by atomic mass is 35.5. The summed E-state index contributed by atoms with van der Waals surface area (Å²) < 4.78 is 15.4. The summed E-state index contributed by atoms with van der Waals surface area (Å²) in [5.74, 6) is 0.136. The Labute approximate surface area is 172 Å². The average Bonchev–Trinajstić information content (AvgIpc) is 3.19. The van der Waals surface area contributed by atoms with Crippen LogP contribution in [0.25, 0.3) is 0 Å². The predicted octanol–water partition coefficient (Wildman–Crippen LogP) is 2.67. The summed E-state index contributed by atoms with van der Waals surface area (Å²) in [6, 6.07) is 12.5. The lowest BCUT2D eigenvalue weighted by Crippen LogP contribution is -2.29. The number of hydrogen-bond acceptors (Lipinski definition) is 7. The van der Waals surface area contributed by atoms with Crippen LogP contribution in [0.5, 0.6) is 11.5 Å². The van der Waals surface area contributed by atoms with Crippen LogP contribution in [0, 0.1) is 0 Å². The van der Waals surface area contributed by atoms with Crippen molar-refractivity contribution in [2.45, 2.75) is 13.5 Å². The molecule has 1 aliphatic rings. The number of nitrogens with zero attached hydrogens (tertiary/aromatic N) is 1. The molecule has 1 aliphatic heterocycles. The number of oxime groups is 1. The number of ether oxygens (including phenoxy) is 3. The second-order valence-corrected chi connectivity index (χ2v) is 6.45. The van der Waals surface area contributed by atoms with Gasteiger partial charge in [0.05, 0.1) is 5.71 Å². The highest BCUT2D eigenvalue weighted by molar-refractivity contribution is 6.31. The lowest BCUT2D eigenvalue weighted by atomic mass is 10.1. The summed E-state index contributed by atoms with van der Waals surface area (Å²) >= 11 is 6.01. The summed E-state index contributed by atoms with van der Waals surface area (Å²) in [5.41, 5.74) is 2.08. The van der Waals surface area contributed by atoms with Crippen LogP contribution < -0.4 is 14.8 Å². The minimum Gasteiger partial charge on any atom is -0.454 e. The maximum Gasteiger partial charge on any atom is 0.347 e. The molecule has 0 bridgehead atoms. The van der Waals surface area contributed by atoms with Crippen LogP contribution in [0.3, 0.4) is 0 Å². The fourth-order valence-corrected chi connectivity index (χ4v) is 2.63. The van der Waals surface area contributed by atoms with Crippen molar-refractivity contribution in [2.24, 2.45) is 5.16 Å². The first-order valence-electron chi connectivity index (χ1n) is 8.75. The molecule has 1 heterocycles. The van der Waals surface area contributed by atoms with Crippen LogP contribution in [0.15, 0.2) is 47.6 Å². The molecule has 0 aromatic heterocycles. The summed E-state index contributed by atoms with van der Waals surface area (Å²) in [6.07, 6.45) is 0. The number of carbonyl (C=O) groups excluding carboxylic acids is 2. The van der Waals surface area contributed by atoms with Crippen molar-refractivity contribution in [1.29, 1.82) is 0 Å². The molecule has 29 heavy (non-hydrogen) atoms. The van der Waals surface area contributed by atoms with E-state index in [1.807, 2.05) is 6.07 Å². The van der Waals surface area contributed by atoms with E-state index in [0.717, 1.165) is 11.1 Å². The molecule has 1 amide bonds. The standard InChI is InChI=1S/C20H19ClN2O6/c1-13(14-6-7-17-18(8-14)28-12-27-17)23-29-11-20(25)26-10-19(24)22-9-15-4-2-3-5-16(15)21/h2-8H,9-12H2,1H3,(H,22,24)/b23-13-. The number of rotatable bonds is 8. The minimum atomic E-state index is -0.708. The van der Waals surface area contributed by atoms with Gasteiger partial charge in [-0.3, -0.25) is 4.79 Å². The Morgan fingerprint density at radius 1 is 1.14 bits per heavy atom.